The maximum atomic E-state index is 11.6. The Labute approximate surface area is 93.3 Å². The number of rotatable bonds is 4. The second kappa shape index (κ2) is 5.27. The molecule has 2 atom stereocenters. The van der Waals surface area contributed by atoms with Crippen molar-refractivity contribution in [1.29, 1.82) is 0 Å². The molecule has 1 aromatic carbocycles. The van der Waals surface area contributed by atoms with Crippen molar-refractivity contribution < 1.29 is 14.7 Å². The fraction of sp³-hybridized carbons (Fsp3) is 0.273. The number of carboxylic acids is 1. The van der Waals surface area contributed by atoms with E-state index in [9.17, 15) is 9.59 Å². The Morgan fingerprint density at radius 2 is 1.88 bits per heavy atom. The van der Waals surface area contributed by atoms with Gasteiger partial charge in [0.2, 0.25) is 5.91 Å². The Morgan fingerprint density at radius 1 is 1.31 bits per heavy atom. The van der Waals surface area contributed by atoms with Crippen LogP contribution in [0, 0.1) is 0 Å². The average Bonchev–Trinajstić information content (AvgIpc) is 2.28. The molecule has 0 aliphatic carbocycles. The maximum absolute atomic E-state index is 11.6. The molecule has 0 saturated heterocycles. The fourth-order valence-electron chi connectivity index (χ4n) is 1.18. The van der Waals surface area contributed by atoms with Crippen LogP contribution >= 0.6 is 0 Å². The predicted molar refractivity (Wildman–Crippen MR) is 58.6 cm³/mol. The summed E-state index contributed by atoms with van der Waals surface area (Å²) in [5.41, 5.74) is 6.33. The number of benzene rings is 1. The van der Waals surface area contributed by atoms with Crippen molar-refractivity contribution in [3.8, 4) is 0 Å². The quantitative estimate of drug-likeness (QED) is 0.682. The SMILES string of the molecule is CC(NC(=O)[C@H](N)c1ccccc1)C(=O)O. The van der Waals surface area contributed by atoms with Gasteiger partial charge in [0, 0.05) is 0 Å². The van der Waals surface area contributed by atoms with Crippen molar-refractivity contribution in [2.45, 2.75) is 19.0 Å². The van der Waals surface area contributed by atoms with E-state index in [0.29, 0.717) is 5.56 Å². The summed E-state index contributed by atoms with van der Waals surface area (Å²) < 4.78 is 0. The Hall–Kier alpha value is -1.88. The van der Waals surface area contributed by atoms with Crippen LogP contribution in [0.4, 0.5) is 0 Å². The van der Waals surface area contributed by atoms with Crippen LogP contribution in [-0.2, 0) is 9.59 Å². The lowest BCUT2D eigenvalue weighted by Gasteiger charge is -2.14. The Kier molecular flexibility index (Phi) is 4.02. The second-order valence-corrected chi connectivity index (χ2v) is 3.46. The summed E-state index contributed by atoms with van der Waals surface area (Å²) in [4.78, 5) is 22.1. The third kappa shape index (κ3) is 3.06. The number of carbonyl (C=O) groups excluding carboxylic acids is 1. The number of hydrogen-bond donors (Lipinski definition) is 3. The first-order chi connectivity index (χ1) is 7.52. The van der Waals surface area contributed by atoms with Gasteiger partial charge in [-0.15, -0.1) is 0 Å². The highest BCUT2D eigenvalue weighted by Gasteiger charge is 2.20. The zero-order valence-electron chi connectivity index (χ0n) is 8.88. The highest BCUT2D eigenvalue weighted by Crippen LogP contribution is 2.09. The second-order valence-electron chi connectivity index (χ2n) is 3.46. The summed E-state index contributed by atoms with van der Waals surface area (Å²) in [6, 6.07) is 7.00. The standard InChI is InChI=1S/C11H14N2O3/c1-7(11(15)16)13-10(14)9(12)8-5-3-2-4-6-8/h2-7,9H,12H2,1H3,(H,13,14)(H,15,16)/t7?,9-/m1/s1. The molecule has 0 radical (unpaired) electrons. The predicted octanol–water partition coefficient (Wildman–Crippen LogP) is 0.276. The first-order valence-corrected chi connectivity index (χ1v) is 4.86. The molecule has 0 aliphatic rings. The number of nitrogens with two attached hydrogens (primary N) is 1. The topological polar surface area (TPSA) is 92.4 Å². The summed E-state index contributed by atoms with van der Waals surface area (Å²) >= 11 is 0. The molecule has 4 N–H and O–H groups in total. The molecule has 16 heavy (non-hydrogen) atoms. The number of nitrogens with one attached hydrogen (secondary N) is 1. The molecule has 0 saturated carbocycles. The smallest absolute Gasteiger partial charge is 0.325 e. The molecule has 0 fully saturated rings. The minimum absolute atomic E-state index is 0.499. The van der Waals surface area contributed by atoms with Gasteiger partial charge in [-0.05, 0) is 12.5 Å². The van der Waals surface area contributed by atoms with Crippen LogP contribution in [0.3, 0.4) is 0 Å². The van der Waals surface area contributed by atoms with E-state index >= 15 is 0 Å². The van der Waals surface area contributed by atoms with Gasteiger partial charge >= 0.3 is 5.97 Å². The van der Waals surface area contributed by atoms with Gasteiger partial charge in [0.1, 0.15) is 12.1 Å². The normalized spacial score (nSPS) is 13.9. The molecular weight excluding hydrogens is 208 g/mol. The van der Waals surface area contributed by atoms with E-state index in [-0.39, 0.29) is 0 Å². The van der Waals surface area contributed by atoms with Gasteiger partial charge < -0.3 is 16.2 Å². The molecule has 1 rings (SSSR count). The van der Waals surface area contributed by atoms with Crippen molar-refractivity contribution >= 4 is 11.9 Å². The minimum atomic E-state index is -1.09. The number of hydrogen-bond acceptors (Lipinski definition) is 3. The molecule has 5 nitrogen and oxygen atoms in total. The van der Waals surface area contributed by atoms with Crippen molar-refractivity contribution in [2.75, 3.05) is 0 Å². The van der Waals surface area contributed by atoms with Crippen molar-refractivity contribution in [2.24, 2.45) is 5.73 Å². The average molecular weight is 222 g/mol. The molecule has 1 amide bonds. The van der Waals surface area contributed by atoms with E-state index in [4.69, 9.17) is 10.8 Å². The van der Waals surface area contributed by atoms with Crippen molar-refractivity contribution in [1.82, 2.24) is 5.32 Å². The molecule has 0 aromatic heterocycles. The summed E-state index contributed by atoms with van der Waals surface area (Å²) in [7, 11) is 0. The molecule has 0 bridgehead atoms. The van der Waals surface area contributed by atoms with Crippen molar-refractivity contribution in [3.63, 3.8) is 0 Å². The Morgan fingerprint density at radius 3 is 2.38 bits per heavy atom. The van der Waals surface area contributed by atoms with E-state index in [2.05, 4.69) is 5.32 Å². The third-order valence-corrected chi connectivity index (χ3v) is 2.17. The molecule has 0 aliphatic heterocycles. The molecule has 0 heterocycles. The van der Waals surface area contributed by atoms with Gasteiger partial charge in [0.25, 0.3) is 0 Å². The number of aliphatic carboxylic acids is 1. The fourth-order valence-corrected chi connectivity index (χ4v) is 1.18. The zero-order chi connectivity index (χ0) is 12.1. The number of amides is 1. The summed E-state index contributed by atoms with van der Waals surface area (Å²) in [5.74, 6) is -1.59. The van der Waals surface area contributed by atoms with Crippen LogP contribution in [-0.4, -0.2) is 23.0 Å². The van der Waals surface area contributed by atoms with Gasteiger partial charge in [0.15, 0.2) is 0 Å². The lowest BCUT2D eigenvalue weighted by Crippen LogP contribution is -2.43. The van der Waals surface area contributed by atoms with Gasteiger partial charge in [-0.1, -0.05) is 30.3 Å². The van der Waals surface area contributed by atoms with E-state index in [1.807, 2.05) is 6.07 Å². The lowest BCUT2D eigenvalue weighted by molar-refractivity contribution is -0.141. The van der Waals surface area contributed by atoms with E-state index in [1.54, 1.807) is 24.3 Å². The van der Waals surface area contributed by atoms with Crippen LogP contribution in [0.25, 0.3) is 0 Å². The Balaban J connectivity index is 2.65. The highest BCUT2D eigenvalue weighted by molar-refractivity contribution is 5.87. The molecule has 5 heteroatoms. The first kappa shape index (κ1) is 12.2. The molecule has 1 unspecified atom stereocenters. The van der Waals surface area contributed by atoms with Crippen molar-refractivity contribution in [3.05, 3.63) is 35.9 Å². The van der Waals surface area contributed by atoms with Crippen LogP contribution in [0.2, 0.25) is 0 Å². The summed E-state index contributed by atoms with van der Waals surface area (Å²) in [6.07, 6.45) is 0. The van der Waals surface area contributed by atoms with Crippen LogP contribution in [0.5, 0.6) is 0 Å². The van der Waals surface area contributed by atoms with E-state index < -0.39 is 24.0 Å². The monoisotopic (exact) mass is 222 g/mol. The minimum Gasteiger partial charge on any atom is -0.480 e. The van der Waals surface area contributed by atoms with Crippen LogP contribution in [0.1, 0.15) is 18.5 Å². The van der Waals surface area contributed by atoms with E-state index in [0.717, 1.165) is 0 Å². The van der Waals surface area contributed by atoms with E-state index in [1.165, 1.54) is 6.92 Å². The summed E-state index contributed by atoms with van der Waals surface area (Å²) in [5, 5.41) is 10.9. The highest BCUT2D eigenvalue weighted by atomic mass is 16.4. The van der Waals surface area contributed by atoms with Gasteiger partial charge in [-0.25, -0.2) is 0 Å². The van der Waals surface area contributed by atoms with Crippen LogP contribution in [0.15, 0.2) is 30.3 Å². The summed E-state index contributed by atoms with van der Waals surface area (Å²) in [6.45, 7) is 1.39. The molecule has 86 valence electrons. The third-order valence-electron chi connectivity index (χ3n) is 2.17. The molecule has 1 aromatic rings. The lowest BCUT2D eigenvalue weighted by atomic mass is 10.1. The maximum Gasteiger partial charge on any atom is 0.325 e. The van der Waals surface area contributed by atoms with Gasteiger partial charge in [-0.3, -0.25) is 9.59 Å². The molecular formula is C11H14N2O3. The Bertz CT molecular complexity index is 378. The zero-order valence-corrected chi connectivity index (χ0v) is 8.88. The first-order valence-electron chi connectivity index (χ1n) is 4.86. The number of carbonyl (C=O) groups is 2. The van der Waals surface area contributed by atoms with Gasteiger partial charge in [-0.2, -0.15) is 0 Å². The largest absolute Gasteiger partial charge is 0.480 e. The van der Waals surface area contributed by atoms with Gasteiger partial charge in [0.05, 0.1) is 0 Å². The molecule has 0 spiro atoms. The number of carboxylic acid groups (broad SMARTS) is 1. The van der Waals surface area contributed by atoms with Crippen LogP contribution < -0.4 is 11.1 Å².